The molecule has 0 unspecified atom stereocenters. The van der Waals surface area contributed by atoms with Crippen LogP contribution in [-0.4, -0.2) is 30.1 Å². The zero-order chi connectivity index (χ0) is 19.8. The Morgan fingerprint density at radius 3 is 2.61 bits per heavy atom. The summed E-state index contributed by atoms with van der Waals surface area (Å²) in [6.07, 6.45) is 3.23. The topological polar surface area (TPSA) is 76.2 Å². The molecule has 0 saturated heterocycles. The third-order valence-electron chi connectivity index (χ3n) is 4.75. The van der Waals surface area contributed by atoms with Crippen molar-refractivity contribution < 1.29 is 18.7 Å². The molecule has 1 aliphatic rings. The highest BCUT2D eigenvalue weighted by Gasteiger charge is 2.31. The van der Waals surface area contributed by atoms with Gasteiger partial charge in [0.1, 0.15) is 17.3 Å². The molecular formula is C21H18FN3O3. The van der Waals surface area contributed by atoms with Crippen molar-refractivity contribution in [1.29, 1.82) is 0 Å². The number of aromatic nitrogens is 2. The summed E-state index contributed by atoms with van der Waals surface area (Å²) < 4.78 is 25.7. The third kappa shape index (κ3) is 2.81. The molecule has 0 bridgehead atoms. The molecule has 3 aromatic rings. The Hall–Kier alpha value is -3.61. The molecule has 2 heterocycles. The summed E-state index contributed by atoms with van der Waals surface area (Å²) in [4.78, 5) is 19.8. The maximum atomic E-state index is 15.0. The van der Waals surface area contributed by atoms with E-state index < -0.39 is 5.82 Å². The van der Waals surface area contributed by atoms with Gasteiger partial charge in [-0.2, -0.15) is 0 Å². The summed E-state index contributed by atoms with van der Waals surface area (Å²) >= 11 is 0. The summed E-state index contributed by atoms with van der Waals surface area (Å²) in [6.45, 7) is 1.83. The number of hydrogen-bond acceptors (Lipinski definition) is 4. The number of carbonyl (C=O) groups is 1. The highest BCUT2D eigenvalue weighted by atomic mass is 19.1. The molecule has 4 rings (SSSR count). The van der Waals surface area contributed by atoms with Gasteiger partial charge in [0.05, 0.1) is 37.5 Å². The van der Waals surface area contributed by atoms with Crippen LogP contribution in [-0.2, 0) is 4.79 Å². The summed E-state index contributed by atoms with van der Waals surface area (Å²) in [5.41, 5.74) is 3.64. The number of fused-ring (bicyclic) bond motifs is 1. The second-order valence-electron chi connectivity index (χ2n) is 6.32. The lowest BCUT2D eigenvalue weighted by Crippen LogP contribution is -2.03. The number of rotatable bonds is 4. The number of amides is 1. The molecule has 1 amide bonds. The normalized spacial score (nSPS) is 14.1. The first-order chi connectivity index (χ1) is 13.5. The number of carbonyl (C=O) groups excluding carboxylic acids is 1. The fourth-order valence-electron chi connectivity index (χ4n) is 3.33. The molecule has 0 atom stereocenters. The SMILES string of the molecule is COc1ccc(-c2c(F)ccc3c2C(=Cc2[nH]cnc2C)C(=O)N3)c(OC)c1. The van der Waals surface area contributed by atoms with Gasteiger partial charge >= 0.3 is 0 Å². The maximum absolute atomic E-state index is 15.0. The van der Waals surface area contributed by atoms with Crippen LogP contribution < -0.4 is 14.8 Å². The fraction of sp³-hybridized carbons (Fsp3) is 0.143. The summed E-state index contributed by atoms with van der Waals surface area (Å²) in [7, 11) is 3.05. The lowest BCUT2D eigenvalue weighted by Gasteiger charge is -2.14. The zero-order valence-electron chi connectivity index (χ0n) is 15.6. The molecule has 0 aliphatic carbocycles. The predicted octanol–water partition coefficient (Wildman–Crippen LogP) is 4.03. The Kier molecular flexibility index (Phi) is 4.35. The third-order valence-corrected chi connectivity index (χ3v) is 4.75. The van der Waals surface area contributed by atoms with Crippen LogP contribution >= 0.6 is 0 Å². The molecule has 2 N–H and O–H groups in total. The van der Waals surface area contributed by atoms with Crippen molar-refractivity contribution in [2.24, 2.45) is 0 Å². The molecule has 0 saturated carbocycles. The first-order valence-corrected chi connectivity index (χ1v) is 8.61. The lowest BCUT2D eigenvalue weighted by molar-refractivity contribution is -0.110. The largest absolute Gasteiger partial charge is 0.497 e. The Labute approximate surface area is 161 Å². The van der Waals surface area contributed by atoms with E-state index >= 15 is 4.39 Å². The Bertz CT molecular complexity index is 1120. The van der Waals surface area contributed by atoms with Crippen molar-refractivity contribution in [3.8, 4) is 22.6 Å². The minimum Gasteiger partial charge on any atom is -0.497 e. The molecule has 0 spiro atoms. The van der Waals surface area contributed by atoms with E-state index in [4.69, 9.17) is 9.47 Å². The van der Waals surface area contributed by atoms with Crippen molar-refractivity contribution in [3.63, 3.8) is 0 Å². The molecule has 2 aromatic carbocycles. The summed E-state index contributed by atoms with van der Waals surface area (Å²) in [5.74, 6) is 0.281. The second-order valence-corrected chi connectivity index (χ2v) is 6.32. The van der Waals surface area contributed by atoms with Gasteiger partial charge in [-0.15, -0.1) is 0 Å². The minimum absolute atomic E-state index is 0.291. The van der Waals surface area contributed by atoms with Gasteiger partial charge in [0.25, 0.3) is 5.91 Å². The number of methoxy groups -OCH3 is 2. The smallest absolute Gasteiger partial charge is 0.256 e. The van der Waals surface area contributed by atoms with Gasteiger partial charge in [-0.25, -0.2) is 9.37 Å². The standard InChI is InChI=1S/C21H18FN3O3/c1-11-17(24-10-23-11)9-14-20-16(25-21(14)26)7-6-15(22)19(20)13-5-4-12(27-2)8-18(13)28-3/h4-10H,1-3H3,(H,23,24)(H,25,26). The van der Waals surface area contributed by atoms with Gasteiger partial charge in [0, 0.05) is 28.4 Å². The van der Waals surface area contributed by atoms with Gasteiger partial charge in [-0.05, 0) is 37.3 Å². The average Bonchev–Trinajstić information content (AvgIpc) is 3.25. The Morgan fingerprint density at radius 1 is 1.11 bits per heavy atom. The first kappa shape index (κ1) is 17.8. The number of nitrogens with zero attached hydrogens (tertiary/aromatic N) is 1. The number of imidazole rings is 1. The summed E-state index contributed by atoms with van der Waals surface area (Å²) in [6, 6.07) is 8.02. The number of nitrogens with one attached hydrogen (secondary N) is 2. The number of anilines is 1. The molecule has 0 fully saturated rings. The van der Waals surface area contributed by atoms with Gasteiger partial charge in [0.15, 0.2) is 0 Å². The molecular weight excluding hydrogens is 361 g/mol. The van der Waals surface area contributed by atoms with Crippen LogP contribution in [0.3, 0.4) is 0 Å². The number of hydrogen-bond donors (Lipinski definition) is 2. The number of benzene rings is 2. The van der Waals surface area contributed by atoms with Crippen molar-refractivity contribution in [3.05, 3.63) is 59.4 Å². The van der Waals surface area contributed by atoms with Crippen LogP contribution in [0.1, 0.15) is 17.0 Å². The van der Waals surface area contributed by atoms with Gasteiger partial charge in [-0.1, -0.05) is 0 Å². The minimum atomic E-state index is -0.453. The highest BCUT2D eigenvalue weighted by molar-refractivity contribution is 6.36. The van der Waals surface area contributed by atoms with Crippen LogP contribution in [0.15, 0.2) is 36.7 Å². The van der Waals surface area contributed by atoms with Crippen molar-refractivity contribution in [2.45, 2.75) is 6.92 Å². The number of aromatic amines is 1. The van der Waals surface area contributed by atoms with Crippen molar-refractivity contribution >= 4 is 23.2 Å². The van der Waals surface area contributed by atoms with Crippen molar-refractivity contribution in [1.82, 2.24) is 9.97 Å². The predicted molar refractivity (Wildman–Crippen MR) is 105 cm³/mol. The maximum Gasteiger partial charge on any atom is 0.256 e. The van der Waals surface area contributed by atoms with E-state index in [0.717, 1.165) is 5.69 Å². The van der Waals surface area contributed by atoms with Gasteiger partial charge in [0.2, 0.25) is 0 Å². The molecule has 142 valence electrons. The van der Waals surface area contributed by atoms with Crippen LogP contribution in [0.2, 0.25) is 0 Å². The highest BCUT2D eigenvalue weighted by Crippen LogP contribution is 2.45. The van der Waals surface area contributed by atoms with E-state index in [1.54, 1.807) is 43.8 Å². The number of aryl methyl sites for hydroxylation is 1. The van der Waals surface area contributed by atoms with Gasteiger partial charge in [-0.3, -0.25) is 4.79 Å². The van der Waals surface area contributed by atoms with Crippen LogP contribution in [0.4, 0.5) is 10.1 Å². The molecule has 0 radical (unpaired) electrons. The number of H-pyrrole nitrogens is 1. The second kappa shape index (κ2) is 6.84. The first-order valence-electron chi connectivity index (χ1n) is 8.61. The van der Waals surface area contributed by atoms with Crippen molar-refractivity contribution in [2.75, 3.05) is 19.5 Å². The van der Waals surface area contributed by atoms with E-state index in [2.05, 4.69) is 15.3 Å². The number of ether oxygens (including phenoxy) is 2. The Balaban J connectivity index is 1.98. The average molecular weight is 379 g/mol. The van der Waals surface area contributed by atoms with E-state index in [0.29, 0.717) is 45.1 Å². The quantitative estimate of drug-likeness (QED) is 0.671. The lowest BCUT2D eigenvalue weighted by atomic mass is 9.93. The number of halogens is 1. The molecule has 7 heteroatoms. The van der Waals surface area contributed by atoms with E-state index in [1.165, 1.54) is 13.2 Å². The Morgan fingerprint density at radius 2 is 1.93 bits per heavy atom. The molecule has 6 nitrogen and oxygen atoms in total. The molecule has 1 aromatic heterocycles. The fourth-order valence-corrected chi connectivity index (χ4v) is 3.33. The van der Waals surface area contributed by atoms with E-state index in [1.807, 2.05) is 6.92 Å². The van der Waals surface area contributed by atoms with E-state index in [-0.39, 0.29) is 5.91 Å². The monoisotopic (exact) mass is 379 g/mol. The zero-order valence-corrected chi connectivity index (χ0v) is 15.6. The van der Waals surface area contributed by atoms with Crippen LogP contribution in [0.25, 0.3) is 22.8 Å². The van der Waals surface area contributed by atoms with Crippen LogP contribution in [0, 0.1) is 12.7 Å². The van der Waals surface area contributed by atoms with Crippen LogP contribution in [0.5, 0.6) is 11.5 Å². The molecule has 28 heavy (non-hydrogen) atoms. The van der Waals surface area contributed by atoms with E-state index in [9.17, 15) is 4.79 Å². The summed E-state index contributed by atoms with van der Waals surface area (Å²) in [5, 5.41) is 2.80. The molecule has 1 aliphatic heterocycles. The van der Waals surface area contributed by atoms with Gasteiger partial charge < -0.3 is 19.8 Å².